The smallest absolute Gasteiger partial charge is 0.213 e. The van der Waals surface area contributed by atoms with Crippen molar-refractivity contribution < 1.29 is 9.84 Å². The number of ether oxygens (including phenoxy) is 1. The van der Waals surface area contributed by atoms with E-state index in [4.69, 9.17) is 9.72 Å². The third kappa shape index (κ3) is 2.10. The van der Waals surface area contributed by atoms with Gasteiger partial charge in [-0.15, -0.1) is 0 Å². The molecule has 0 bridgehead atoms. The molecule has 2 heterocycles. The molecule has 6 heteroatoms. The number of methoxy groups -OCH3 is 1. The highest BCUT2D eigenvalue weighted by Crippen LogP contribution is 2.43. The average molecular weight is 315 g/mol. The van der Waals surface area contributed by atoms with Crippen LogP contribution in [0.1, 0.15) is 35.0 Å². The summed E-state index contributed by atoms with van der Waals surface area (Å²) in [6.45, 7) is 1.94. The molecule has 3 aromatic rings. The molecule has 1 aliphatic carbocycles. The molecule has 1 fully saturated rings. The molecule has 0 aliphatic heterocycles. The Bertz CT molecular complexity index is 849. The highest BCUT2D eigenvalue weighted by atomic mass is 32.1. The van der Waals surface area contributed by atoms with Gasteiger partial charge in [0.15, 0.2) is 0 Å². The molecular formula is C16H17N3O2S. The van der Waals surface area contributed by atoms with Crippen molar-refractivity contribution in [1.29, 1.82) is 0 Å². The van der Waals surface area contributed by atoms with Gasteiger partial charge >= 0.3 is 0 Å². The SMILES string of the molecule is COc1ccc(C)cc1-c1nc2sc(C3CC3)nn2c1CO. The quantitative estimate of drug-likeness (QED) is 0.803. The van der Waals surface area contributed by atoms with Gasteiger partial charge in [-0.1, -0.05) is 23.0 Å². The summed E-state index contributed by atoms with van der Waals surface area (Å²) < 4.78 is 7.24. The molecule has 1 N–H and O–H groups in total. The van der Waals surface area contributed by atoms with Gasteiger partial charge < -0.3 is 9.84 Å². The fourth-order valence-electron chi connectivity index (χ4n) is 2.66. The van der Waals surface area contributed by atoms with Crippen molar-refractivity contribution in [2.75, 3.05) is 7.11 Å². The van der Waals surface area contributed by atoms with E-state index in [0.717, 1.165) is 38.2 Å². The Labute approximate surface area is 132 Å². The average Bonchev–Trinajstić information content (AvgIpc) is 3.19. The molecule has 1 saturated carbocycles. The Morgan fingerprint density at radius 3 is 2.91 bits per heavy atom. The summed E-state index contributed by atoms with van der Waals surface area (Å²) in [5.41, 5.74) is 3.51. The van der Waals surface area contributed by atoms with Crippen LogP contribution >= 0.6 is 11.3 Å². The predicted molar refractivity (Wildman–Crippen MR) is 85.5 cm³/mol. The number of aromatic nitrogens is 3. The van der Waals surface area contributed by atoms with Crippen molar-refractivity contribution in [3.63, 3.8) is 0 Å². The number of hydrogen-bond donors (Lipinski definition) is 1. The van der Waals surface area contributed by atoms with Crippen LogP contribution in [0.5, 0.6) is 5.75 Å². The molecule has 114 valence electrons. The normalized spacial score (nSPS) is 14.7. The molecule has 0 atom stereocenters. The van der Waals surface area contributed by atoms with E-state index >= 15 is 0 Å². The van der Waals surface area contributed by atoms with Gasteiger partial charge in [-0.25, -0.2) is 9.50 Å². The number of aliphatic hydroxyl groups is 1. The molecule has 0 unspecified atom stereocenters. The maximum Gasteiger partial charge on any atom is 0.213 e. The Hall–Kier alpha value is -1.92. The lowest BCUT2D eigenvalue weighted by molar-refractivity contribution is 0.275. The predicted octanol–water partition coefficient (Wildman–Crippen LogP) is 3.14. The van der Waals surface area contributed by atoms with Gasteiger partial charge in [-0.05, 0) is 31.9 Å². The number of aliphatic hydroxyl groups excluding tert-OH is 1. The van der Waals surface area contributed by atoms with Crippen LogP contribution in [0.2, 0.25) is 0 Å². The minimum Gasteiger partial charge on any atom is -0.496 e. The maximum atomic E-state index is 9.83. The number of imidazole rings is 1. The molecule has 1 aliphatic rings. The second kappa shape index (κ2) is 5.07. The van der Waals surface area contributed by atoms with E-state index in [1.54, 1.807) is 23.0 Å². The number of benzene rings is 1. The molecule has 22 heavy (non-hydrogen) atoms. The summed E-state index contributed by atoms with van der Waals surface area (Å²) >= 11 is 1.62. The molecular weight excluding hydrogens is 298 g/mol. The summed E-state index contributed by atoms with van der Waals surface area (Å²) in [6.07, 6.45) is 2.42. The first kappa shape index (κ1) is 13.7. The monoisotopic (exact) mass is 315 g/mol. The van der Waals surface area contributed by atoms with Crippen molar-refractivity contribution in [1.82, 2.24) is 14.6 Å². The van der Waals surface area contributed by atoms with Crippen LogP contribution in [0.25, 0.3) is 16.2 Å². The van der Waals surface area contributed by atoms with E-state index < -0.39 is 0 Å². The van der Waals surface area contributed by atoms with Crippen molar-refractivity contribution in [2.24, 2.45) is 0 Å². The van der Waals surface area contributed by atoms with Crippen LogP contribution in [-0.4, -0.2) is 26.8 Å². The fraction of sp³-hybridized carbons (Fsp3) is 0.375. The summed E-state index contributed by atoms with van der Waals surface area (Å²) in [7, 11) is 1.65. The van der Waals surface area contributed by atoms with Crippen LogP contribution in [0, 0.1) is 6.92 Å². The summed E-state index contributed by atoms with van der Waals surface area (Å²) in [5, 5.41) is 15.6. The number of aryl methyl sites for hydroxylation is 1. The van der Waals surface area contributed by atoms with Crippen molar-refractivity contribution >= 4 is 16.3 Å². The van der Waals surface area contributed by atoms with E-state index in [1.165, 1.54) is 12.8 Å². The topological polar surface area (TPSA) is 59.7 Å². The first-order valence-corrected chi connectivity index (χ1v) is 8.17. The van der Waals surface area contributed by atoms with E-state index in [9.17, 15) is 5.11 Å². The van der Waals surface area contributed by atoms with Crippen LogP contribution in [0.15, 0.2) is 18.2 Å². The van der Waals surface area contributed by atoms with Crippen molar-refractivity contribution in [3.05, 3.63) is 34.5 Å². The van der Waals surface area contributed by atoms with E-state index in [1.807, 2.05) is 25.1 Å². The Morgan fingerprint density at radius 2 is 2.23 bits per heavy atom. The zero-order valence-corrected chi connectivity index (χ0v) is 13.4. The van der Waals surface area contributed by atoms with Crippen LogP contribution in [0.3, 0.4) is 0 Å². The van der Waals surface area contributed by atoms with E-state index in [-0.39, 0.29) is 6.61 Å². The minimum absolute atomic E-state index is 0.0958. The highest BCUT2D eigenvalue weighted by Gasteiger charge is 2.29. The maximum absolute atomic E-state index is 9.83. The lowest BCUT2D eigenvalue weighted by atomic mass is 10.1. The van der Waals surface area contributed by atoms with Gasteiger partial charge in [0.1, 0.15) is 16.5 Å². The zero-order chi connectivity index (χ0) is 15.3. The highest BCUT2D eigenvalue weighted by molar-refractivity contribution is 7.16. The van der Waals surface area contributed by atoms with Gasteiger partial charge in [-0.3, -0.25) is 0 Å². The lowest BCUT2D eigenvalue weighted by Gasteiger charge is -2.08. The van der Waals surface area contributed by atoms with Gasteiger partial charge in [0, 0.05) is 11.5 Å². The van der Waals surface area contributed by atoms with E-state index in [0.29, 0.717) is 5.92 Å². The van der Waals surface area contributed by atoms with Gasteiger partial charge in [-0.2, -0.15) is 5.10 Å². The first-order valence-electron chi connectivity index (χ1n) is 7.35. The second-order valence-electron chi connectivity index (χ2n) is 5.68. The molecule has 2 aromatic heterocycles. The third-order valence-electron chi connectivity index (χ3n) is 4.00. The van der Waals surface area contributed by atoms with Crippen LogP contribution in [0.4, 0.5) is 0 Å². The molecule has 1 aromatic carbocycles. The minimum atomic E-state index is -0.0958. The van der Waals surface area contributed by atoms with Gasteiger partial charge in [0.2, 0.25) is 4.96 Å². The number of hydrogen-bond acceptors (Lipinski definition) is 5. The number of fused-ring (bicyclic) bond motifs is 1. The standard InChI is InChI=1S/C16H17N3O2S/c1-9-3-6-13(21-2)11(7-9)14-12(8-20)19-16(17-14)22-15(18-19)10-4-5-10/h3,6-7,10,20H,4-5,8H2,1-2H3. The summed E-state index contributed by atoms with van der Waals surface area (Å²) in [4.78, 5) is 5.55. The molecule has 0 amide bonds. The first-order chi connectivity index (χ1) is 10.7. The largest absolute Gasteiger partial charge is 0.496 e. The molecule has 5 nitrogen and oxygen atoms in total. The van der Waals surface area contributed by atoms with Crippen LogP contribution in [-0.2, 0) is 6.61 Å². The lowest BCUT2D eigenvalue weighted by Crippen LogP contribution is -1.98. The van der Waals surface area contributed by atoms with Gasteiger partial charge in [0.25, 0.3) is 0 Å². The van der Waals surface area contributed by atoms with Crippen LogP contribution < -0.4 is 4.74 Å². The Morgan fingerprint density at radius 1 is 1.41 bits per heavy atom. The summed E-state index contributed by atoms with van der Waals surface area (Å²) in [5.74, 6) is 1.35. The zero-order valence-electron chi connectivity index (χ0n) is 12.5. The van der Waals surface area contributed by atoms with E-state index in [2.05, 4.69) is 5.10 Å². The fourth-order valence-corrected chi connectivity index (χ4v) is 3.75. The Balaban J connectivity index is 1.91. The molecule has 0 radical (unpaired) electrons. The number of nitrogens with zero attached hydrogens (tertiary/aromatic N) is 3. The molecule has 4 rings (SSSR count). The van der Waals surface area contributed by atoms with Crippen molar-refractivity contribution in [2.45, 2.75) is 32.3 Å². The third-order valence-corrected chi connectivity index (χ3v) is 5.07. The van der Waals surface area contributed by atoms with Crippen molar-refractivity contribution in [3.8, 4) is 17.0 Å². The molecule has 0 spiro atoms. The summed E-state index contributed by atoms with van der Waals surface area (Å²) in [6, 6.07) is 5.97. The second-order valence-corrected chi connectivity index (χ2v) is 6.67. The Kier molecular flexibility index (Phi) is 3.16. The molecule has 0 saturated heterocycles. The number of rotatable bonds is 4. The van der Waals surface area contributed by atoms with Gasteiger partial charge in [0.05, 0.1) is 19.4 Å².